The van der Waals surface area contributed by atoms with Gasteiger partial charge in [-0.05, 0) is 36.6 Å². The molecule has 2 aromatic rings. The summed E-state index contributed by atoms with van der Waals surface area (Å²) < 4.78 is 6.91. The monoisotopic (exact) mass is 265 g/mol. The Morgan fingerprint density at radius 3 is 2.94 bits per heavy atom. The van der Waals surface area contributed by atoms with Gasteiger partial charge in [0.05, 0.1) is 10.8 Å². The van der Waals surface area contributed by atoms with Gasteiger partial charge in [-0.2, -0.15) is 0 Å². The third-order valence-corrected chi connectivity index (χ3v) is 4.43. The molecule has 4 heteroatoms. The van der Waals surface area contributed by atoms with Crippen LogP contribution in [-0.4, -0.2) is 6.61 Å². The summed E-state index contributed by atoms with van der Waals surface area (Å²) in [5.41, 5.74) is 7.76. The van der Waals surface area contributed by atoms with Crippen molar-refractivity contribution >= 4 is 28.8 Å². The molecule has 0 saturated carbocycles. The van der Waals surface area contributed by atoms with Gasteiger partial charge in [0.2, 0.25) is 0 Å². The summed E-state index contributed by atoms with van der Waals surface area (Å²) >= 11 is 3.57. The molecule has 1 aromatic heterocycles. The fourth-order valence-electron chi connectivity index (χ4n) is 1.50. The Kier molecular flexibility index (Phi) is 4.34. The predicted molar refractivity (Wildman–Crippen MR) is 75.9 cm³/mol. The molecule has 0 amide bonds. The van der Waals surface area contributed by atoms with Gasteiger partial charge in [0.25, 0.3) is 0 Å². The molecule has 0 aliphatic carbocycles. The lowest BCUT2D eigenvalue weighted by atomic mass is 10.2. The number of thiophene rings is 1. The average Bonchev–Trinajstić information content (AvgIpc) is 2.82. The highest BCUT2D eigenvalue weighted by Crippen LogP contribution is 2.31. The van der Waals surface area contributed by atoms with E-state index in [1.807, 2.05) is 36.9 Å². The van der Waals surface area contributed by atoms with Gasteiger partial charge in [0, 0.05) is 17.0 Å². The number of anilines is 1. The van der Waals surface area contributed by atoms with E-state index in [9.17, 15) is 0 Å². The molecule has 1 aromatic carbocycles. The van der Waals surface area contributed by atoms with Crippen LogP contribution in [0, 0.1) is 0 Å². The van der Waals surface area contributed by atoms with Crippen molar-refractivity contribution in [3.8, 4) is 5.75 Å². The lowest BCUT2D eigenvalue weighted by Crippen LogP contribution is -1.97. The van der Waals surface area contributed by atoms with E-state index in [1.165, 1.54) is 4.21 Å². The molecule has 0 unspecified atom stereocenters. The molecule has 0 aliphatic rings. The maximum Gasteiger partial charge on any atom is 0.123 e. The van der Waals surface area contributed by atoms with Gasteiger partial charge in [-0.25, -0.2) is 0 Å². The van der Waals surface area contributed by atoms with Crippen LogP contribution in [0.1, 0.15) is 12.5 Å². The van der Waals surface area contributed by atoms with E-state index in [0.29, 0.717) is 6.61 Å². The van der Waals surface area contributed by atoms with Crippen molar-refractivity contribution in [1.29, 1.82) is 0 Å². The Morgan fingerprint density at radius 2 is 2.24 bits per heavy atom. The zero-order chi connectivity index (χ0) is 12.1. The van der Waals surface area contributed by atoms with Gasteiger partial charge in [-0.15, -0.1) is 23.1 Å². The van der Waals surface area contributed by atoms with Crippen molar-refractivity contribution in [2.75, 3.05) is 12.3 Å². The highest BCUT2D eigenvalue weighted by molar-refractivity contribution is 8.00. The third-order valence-electron chi connectivity index (χ3n) is 2.25. The highest BCUT2D eigenvalue weighted by atomic mass is 32.2. The number of hydrogen-bond acceptors (Lipinski definition) is 4. The van der Waals surface area contributed by atoms with Crippen LogP contribution in [0.4, 0.5) is 5.69 Å². The Bertz CT molecular complexity index is 468. The predicted octanol–water partition coefficient (Wildman–Crippen LogP) is 4.02. The van der Waals surface area contributed by atoms with Crippen LogP contribution in [0.3, 0.4) is 0 Å². The topological polar surface area (TPSA) is 35.2 Å². The van der Waals surface area contributed by atoms with Gasteiger partial charge in [-0.1, -0.05) is 6.07 Å². The van der Waals surface area contributed by atoms with Crippen LogP contribution < -0.4 is 10.5 Å². The van der Waals surface area contributed by atoms with E-state index in [4.69, 9.17) is 10.5 Å². The van der Waals surface area contributed by atoms with Crippen LogP contribution in [0.2, 0.25) is 0 Å². The van der Waals surface area contributed by atoms with E-state index >= 15 is 0 Å². The Hall–Kier alpha value is -1.13. The summed E-state index contributed by atoms with van der Waals surface area (Å²) in [5.74, 6) is 1.83. The van der Waals surface area contributed by atoms with Crippen molar-refractivity contribution < 1.29 is 4.74 Å². The maximum absolute atomic E-state index is 5.81. The largest absolute Gasteiger partial charge is 0.494 e. The number of ether oxygens (including phenoxy) is 1. The van der Waals surface area contributed by atoms with Gasteiger partial charge >= 0.3 is 0 Å². The van der Waals surface area contributed by atoms with E-state index in [1.54, 1.807) is 11.3 Å². The van der Waals surface area contributed by atoms with Crippen LogP contribution in [0.25, 0.3) is 0 Å². The lowest BCUT2D eigenvalue weighted by Gasteiger charge is -2.10. The minimum Gasteiger partial charge on any atom is -0.494 e. The molecule has 0 fully saturated rings. The zero-order valence-corrected chi connectivity index (χ0v) is 11.3. The van der Waals surface area contributed by atoms with E-state index < -0.39 is 0 Å². The first-order valence-corrected chi connectivity index (χ1v) is 7.33. The number of rotatable bonds is 5. The van der Waals surface area contributed by atoms with Crippen molar-refractivity contribution in [1.82, 2.24) is 0 Å². The van der Waals surface area contributed by atoms with Crippen LogP contribution in [-0.2, 0) is 5.75 Å². The summed E-state index contributed by atoms with van der Waals surface area (Å²) in [5, 5.41) is 2.09. The van der Waals surface area contributed by atoms with E-state index in [0.717, 1.165) is 22.8 Å². The molecular formula is C13H15NOS2. The fraction of sp³-hybridized carbons (Fsp3) is 0.231. The SMILES string of the molecule is CCOc1ccc(N)cc1CSc1cccs1. The van der Waals surface area contributed by atoms with Gasteiger partial charge in [0.1, 0.15) is 5.75 Å². The van der Waals surface area contributed by atoms with E-state index in [-0.39, 0.29) is 0 Å². The molecular weight excluding hydrogens is 250 g/mol. The summed E-state index contributed by atoms with van der Waals surface area (Å²) in [6.07, 6.45) is 0. The summed E-state index contributed by atoms with van der Waals surface area (Å²) in [7, 11) is 0. The molecule has 90 valence electrons. The molecule has 0 bridgehead atoms. The minimum absolute atomic E-state index is 0.681. The van der Waals surface area contributed by atoms with Crippen molar-refractivity contribution in [2.24, 2.45) is 0 Å². The molecule has 0 radical (unpaired) electrons. The smallest absolute Gasteiger partial charge is 0.123 e. The Labute approximate surface area is 110 Å². The maximum atomic E-state index is 5.81. The second kappa shape index (κ2) is 5.98. The molecule has 2 nitrogen and oxygen atoms in total. The number of benzene rings is 1. The highest BCUT2D eigenvalue weighted by Gasteiger charge is 2.05. The quantitative estimate of drug-likeness (QED) is 0.655. The van der Waals surface area contributed by atoms with Gasteiger partial charge in [-0.3, -0.25) is 0 Å². The number of nitrogens with two attached hydrogens (primary N) is 1. The Morgan fingerprint density at radius 1 is 1.35 bits per heavy atom. The molecule has 0 spiro atoms. The minimum atomic E-state index is 0.681. The van der Waals surface area contributed by atoms with Crippen LogP contribution in [0.5, 0.6) is 5.75 Å². The standard InChI is InChI=1S/C13H15NOS2/c1-2-15-12-6-5-11(14)8-10(12)9-17-13-4-3-7-16-13/h3-8H,2,9,14H2,1H3. The van der Waals surface area contributed by atoms with Crippen molar-refractivity contribution in [3.63, 3.8) is 0 Å². The summed E-state index contributed by atoms with van der Waals surface area (Å²) in [6.45, 7) is 2.67. The molecule has 0 atom stereocenters. The summed E-state index contributed by atoms with van der Waals surface area (Å²) in [6, 6.07) is 10.0. The number of thioether (sulfide) groups is 1. The number of hydrogen-bond donors (Lipinski definition) is 1. The van der Waals surface area contributed by atoms with Crippen LogP contribution in [0.15, 0.2) is 39.9 Å². The van der Waals surface area contributed by atoms with Crippen molar-refractivity contribution in [3.05, 3.63) is 41.3 Å². The summed E-state index contributed by atoms with van der Waals surface area (Å²) in [4.78, 5) is 0. The fourth-order valence-corrected chi connectivity index (χ4v) is 3.27. The number of nitrogen functional groups attached to an aromatic ring is 1. The first-order valence-electron chi connectivity index (χ1n) is 5.47. The third kappa shape index (κ3) is 3.41. The first kappa shape index (κ1) is 12.3. The zero-order valence-electron chi connectivity index (χ0n) is 9.68. The lowest BCUT2D eigenvalue weighted by molar-refractivity contribution is 0.337. The molecule has 17 heavy (non-hydrogen) atoms. The molecule has 0 aliphatic heterocycles. The second-order valence-electron chi connectivity index (χ2n) is 3.52. The molecule has 2 N–H and O–H groups in total. The normalized spacial score (nSPS) is 10.4. The van der Waals surface area contributed by atoms with Gasteiger partial charge < -0.3 is 10.5 Å². The average molecular weight is 265 g/mol. The Balaban J connectivity index is 2.10. The van der Waals surface area contributed by atoms with Crippen molar-refractivity contribution in [2.45, 2.75) is 16.9 Å². The molecule has 2 rings (SSSR count). The molecule has 0 saturated heterocycles. The van der Waals surface area contributed by atoms with Gasteiger partial charge in [0.15, 0.2) is 0 Å². The van der Waals surface area contributed by atoms with E-state index in [2.05, 4.69) is 17.5 Å². The van der Waals surface area contributed by atoms with Crippen LogP contribution >= 0.6 is 23.1 Å². The first-order chi connectivity index (χ1) is 8.29. The second-order valence-corrected chi connectivity index (χ2v) is 5.74. The molecule has 1 heterocycles.